The standard InChI is InChI=1S/C21H26ClN3O3/c1-14(2)18-7-5-15(3)11-20(18)28-10-4-9-27-19-8-6-17(22)12-16(19)13-24-25-21(23)26/h5-8,11-14H,4,9-10H2,1-3H3,(H3,23,25,26)/b24-13-. The number of hydrogen-bond donors (Lipinski definition) is 2. The molecule has 0 saturated heterocycles. The summed E-state index contributed by atoms with van der Waals surface area (Å²) in [5, 5.41) is 4.29. The maximum absolute atomic E-state index is 10.7. The molecule has 6 nitrogen and oxygen atoms in total. The van der Waals surface area contributed by atoms with E-state index in [2.05, 4.69) is 49.5 Å². The number of nitrogens with one attached hydrogen (secondary N) is 1. The number of hydrogen-bond acceptors (Lipinski definition) is 4. The van der Waals surface area contributed by atoms with Crippen molar-refractivity contribution >= 4 is 23.8 Å². The van der Waals surface area contributed by atoms with Crippen molar-refractivity contribution in [1.82, 2.24) is 5.43 Å². The molecule has 2 rings (SSSR count). The molecule has 0 unspecified atom stereocenters. The molecule has 28 heavy (non-hydrogen) atoms. The Hall–Kier alpha value is -2.73. The molecule has 7 heteroatoms. The summed E-state index contributed by atoms with van der Waals surface area (Å²) in [6.45, 7) is 7.36. The third kappa shape index (κ3) is 6.78. The van der Waals surface area contributed by atoms with E-state index in [9.17, 15) is 4.79 Å². The number of nitrogens with two attached hydrogens (primary N) is 1. The number of rotatable bonds is 9. The fourth-order valence-electron chi connectivity index (χ4n) is 2.58. The number of halogens is 1. The molecular formula is C21H26ClN3O3. The Kier molecular flexibility index (Phi) is 8.14. The number of carbonyl (C=O) groups excluding carboxylic acids is 1. The third-order valence-electron chi connectivity index (χ3n) is 3.95. The second-order valence-corrected chi connectivity index (χ2v) is 7.10. The van der Waals surface area contributed by atoms with E-state index < -0.39 is 6.03 Å². The van der Waals surface area contributed by atoms with Gasteiger partial charge in [-0.3, -0.25) is 0 Å². The van der Waals surface area contributed by atoms with Crippen LogP contribution < -0.4 is 20.6 Å². The molecule has 2 aromatic carbocycles. The highest BCUT2D eigenvalue weighted by atomic mass is 35.5. The van der Waals surface area contributed by atoms with E-state index in [1.807, 2.05) is 0 Å². The lowest BCUT2D eigenvalue weighted by Gasteiger charge is -2.15. The summed E-state index contributed by atoms with van der Waals surface area (Å²) < 4.78 is 11.8. The highest BCUT2D eigenvalue weighted by Gasteiger charge is 2.08. The van der Waals surface area contributed by atoms with Crippen LogP contribution in [-0.2, 0) is 0 Å². The van der Waals surface area contributed by atoms with Crippen LogP contribution in [0.5, 0.6) is 11.5 Å². The second-order valence-electron chi connectivity index (χ2n) is 6.66. The summed E-state index contributed by atoms with van der Waals surface area (Å²) in [4.78, 5) is 10.7. The Morgan fingerprint density at radius 3 is 2.57 bits per heavy atom. The topological polar surface area (TPSA) is 85.9 Å². The molecule has 2 aromatic rings. The summed E-state index contributed by atoms with van der Waals surface area (Å²) in [7, 11) is 0. The minimum atomic E-state index is -0.741. The monoisotopic (exact) mass is 403 g/mol. The quantitative estimate of drug-likeness (QED) is 0.364. The lowest BCUT2D eigenvalue weighted by molar-refractivity contribution is 0.245. The van der Waals surface area contributed by atoms with Gasteiger partial charge in [0.05, 0.1) is 19.4 Å². The van der Waals surface area contributed by atoms with Gasteiger partial charge in [0, 0.05) is 17.0 Å². The molecule has 0 fully saturated rings. The summed E-state index contributed by atoms with van der Waals surface area (Å²) in [5.41, 5.74) is 10.1. The van der Waals surface area contributed by atoms with E-state index in [1.54, 1.807) is 18.2 Å². The SMILES string of the molecule is Cc1ccc(C(C)C)c(OCCCOc2ccc(Cl)cc2/C=N\NC(N)=O)c1. The van der Waals surface area contributed by atoms with E-state index >= 15 is 0 Å². The van der Waals surface area contributed by atoms with E-state index in [0.717, 1.165) is 5.75 Å². The van der Waals surface area contributed by atoms with Gasteiger partial charge in [0.2, 0.25) is 0 Å². The van der Waals surface area contributed by atoms with Crippen LogP contribution in [0.1, 0.15) is 42.9 Å². The number of aryl methyl sites for hydroxylation is 1. The van der Waals surface area contributed by atoms with Crippen LogP contribution in [0, 0.1) is 6.92 Å². The van der Waals surface area contributed by atoms with E-state index in [-0.39, 0.29) is 0 Å². The fraction of sp³-hybridized carbons (Fsp3) is 0.333. The number of hydrazone groups is 1. The first-order valence-electron chi connectivity index (χ1n) is 9.11. The molecule has 0 heterocycles. The Bertz CT molecular complexity index is 838. The minimum Gasteiger partial charge on any atom is -0.493 e. The Morgan fingerprint density at radius 1 is 1.18 bits per heavy atom. The van der Waals surface area contributed by atoms with Crippen LogP contribution in [0.25, 0.3) is 0 Å². The minimum absolute atomic E-state index is 0.400. The number of primary amides is 1. The van der Waals surface area contributed by atoms with Crippen molar-refractivity contribution in [3.05, 3.63) is 58.1 Å². The molecule has 3 N–H and O–H groups in total. The van der Waals surface area contributed by atoms with Crippen molar-refractivity contribution in [2.24, 2.45) is 10.8 Å². The number of urea groups is 1. The number of amides is 2. The van der Waals surface area contributed by atoms with Crippen molar-refractivity contribution in [1.29, 1.82) is 0 Å². The maximum atomic E-state index is 10.7. The van der Waals surface area contributed by atoms with Gasteiger partial charge in [-0.2, -0.15) is 5.10 Å². The van der Waals surface area contributed by atoms with Gasteiger partial charge in [0.25, 0.3) is 0 Å². The van der Waals surface area contributed by atoms with Crippen molar-refractivity contribution in [3.8, 4) is 11.5 Å². The molecule has 0 saturated carbocycles. The smallest absolute Gasteiger partial charge is 0.332 e. The first-order valence-corrected chi connectivity index (χ1v) is 9.49. The summed E-state index contributed by atoms with van der Waals surface area (Å²) in [5.74, 6) is 1.93. The van der Waals surface area contributed by atoms with Crippen LogP contribution in [0.4, 0.5) is 4.79 Å². The van der Waals surface area contributed by atoms with E-state index in [0.29, 0.717) is 41.9 Å². The van der Waals surface area contributed by atoms with Crippen molar-refractivity contribution in [2.45, 2.75) is 33.1 Å². The highest BCUT2D eigenvalue weighted by Crippen LogP contribution is 2.27. The third-order valence-corrected chi connectivity index (χ3v) is 4.18. The predicted molar refractivity (Wildman–Crippen MR) is 113 cm³/mol. The number of carbonyl (C=O) groups is 1. The highest BCUT2D eigenvalue weighted by molar-refractivity contribution is 6.30. The molecule has 0 atom stereocenters. The number of nitrogens with zero attached hydrogens (tertiary/aromatic N) is 1. The molecule has 150 valence electrons. The van der Waals surface area contributed by atoms with Crippen LogP contribution in [0.2, 0.25) is 5.02 Å². The lowest BCUT2D eigenvalue weighted by atomic mass is 10.0. The largest absolute Gasteiger partial charge is 0.493 e. The van der Waals surface area contributed by atoms with Gasteiger partial charge in [-0.05, 0) is 48.2 Å². The average Bonchev–Trinajstić information content (AvgIpc) is 2.62. The second kappa shape index (κ2) is 10.6. The molecular weight excluding hydrogens is 378 g/mol. The van der Waals surface area contributed by atoms with Gasteiger partial charge in [0.15, 0.2) is 0 Å². The maximum Gasteiger partial charge on any atom is 0.332 e. The Labute approximate surface area is 170 Å². The molecule has 0 aliphatic rings. The first kappa shape index (κ1) is 21.6. The summed E-state index contributed by atoms with van der Waals surface area (Å²) in [6.07, 6.45) is 2.15. The number of benzene rings is 2. The molecule has 2 amide bonds. The van der Waals surface area contributed by atoms with Crippen LogP contribution in [-0.4, -0.2) is 25.5 Å². The predicted octanol–water partition coefficient (Wildman–Crippen LogP) is 4.62. The van der Waals surface area contributed by atoms with Crippen molar-refractivity contribution in [2.75, 3.05) is 13.2 Å². The average molecular weight is 404 g/mol. The number of ether oxygens (including phenoxy) is 2. The molecule has 0 aliphatic heterocycles. The molecule has 0 bridgehead atoms. The lowest BCUT2D eigenvalue weighted by Crippen LogP contribution is -2.24. The molecule has 0 aromatic heterocycles. The molecule has 0 spiro atoms. The molecule has 0 radical (unpaired) electrons. The van der Waals surface area contributed by atoms with Crippen LogP contribution in [0.3, 0.4) is 0 Å². The Balaban J connectivity index is 1.90. The summed E-state index contributed by atoms with van der Waals surface area (Å²) in [6, 6.07) is 10.7. The normalized spacial score (nSPS) is 11.0. The zero-order chi connectivity index (χ0) is 20.5. The van der Waals surface area contributed by atoms with Gasteiger partial charge in [0.1, 0.15) is 11.5 Å². The van der Waals surface area contributed by atoms with Crippen LogP contribution >= 0.6 is 11.6 Å². The van der Waals surface area contributed by atoms with E-state index in [4.69, 9.17) is 26.8 Å². The Morgan fingerprint density at radius 2 is 1.89 bits per heavy atom. The molecule has 0 aliphatic carbocycles. The van der Waals surface area contributed by atoms with Crippen LogP contribution in [0.15, 0.2) is 41.5 Å². The van der Waals surface area contributed by atoms with Gasteiger partial charge < -0.3 is 15.2 Å². The van der Waals surface area contributed by atoms with Gasteiger partial charge in [-0.1, -0.05) is 37.6 Å². The van der Waals surface area contributed by atoms with Gasteiger partial charge in [-0.25, -0.2) is 10.2 Å². The van der Waals surface area contributed by atoms with E-state index in [1.165, 1.54) is 17.3 Å². The first-order chi connectivity index (χ1) is 13.4. The van der Waals surface area contributed by atoms with Crippen molar-refractivity contribution in [3.63, 3.8) is 0 Å². The fourth-order valence-corrected chi connectivity index (χ4v) is 2.76. The summed E-state index contributed by atoms with van der Waals surface area (Å²) >= 11 is 6.01. The van der Waals surface area contributed by atoms with Gasteiger partial charge in [-0.15, -0.1) is 0 Å². The zero-order valence-corrected chi connectivity index (χ0v) is 17.1. The van der Waals surface area contributed by atoms with Gasteiger partial charge >= 0.3 is 6.03 Å². The zero-order valence-electron chi connectivity index (χ0n) is 16.4. The van der Waals surface area contributed by atoms with Crippen molar-refractivity contribution < 1.29 is 14.3 Å².